The summed E-state index contributed by atoms with van der Waals surface area (Å²) < 4.78 is 5.41. The van der Waals surface area contributed by atoms with E-state index >= 15 is 0 Å². The van der Waals surface area contributed by atoms with Gasteiger partial charge in [-0.05, 0) is 19.3 Å². The van der Waals surface area contributed by atoms with E-state index in [9.17, 15) is 5.11 Å². The smallest absolute Gasteiger partial charge is 0.0649 e. The van der Waals surface area contributed by atoms with Gasteiger partial charge in [0.2, 0.25) is 0 Å². The predicted octanol–water partition coefficient (Wildman–Crippen LogP) is 2.41. The molecule has 0 aromatic carbocycles. The fourth-order valence-corrected chi connectivity index (χ4v) is 3.81. The summed E-state index contributed by atoms with van der Waals surface area (Å²) in [5, 5.41) is 14.8. The van der Waals surface area contributed by atoms with Gasteiger partial charge in [0.15, 0.2) is 0 Å². The zero-order valence-electron chi connectivity index (χ0n) is 11.1. The molecular formula is C14H18Cl2N2O2. The number of aromatic nitrogens is 1. The van der Waals surface area contributed by atoms with Gasteiger partial charge in [0, 0.05) is 49.2 Å². The predicted molar refractivity (Wildman–Crippen MR) is 78.0 cm³/mol. The topological polar surface area (TPSA) is 54.4 Å². The molecular weight excluding hydrogens is 299 g/mol. The maximum absolute atomic E-state index is 10.1. The van der Waals surface area contributed by atoms with Crippen molar-refractivity contribution in [1.29, 1.82) is 0 Å². The molecule has 2 N–H and O–H groups in total. The molecule has 2 aliphatic rings. The molecule has 1 spiro atoms. The molecule has 2 heterocycles. The summed E-state index contributed by atoms with van der Waals surface area (Å²) in [5.41, 5.74) is 0.830. The zero-order chi connectivity index (χ0) is 14.2. The molecule has 1 saturated heterocycles. The Morgan fingerprint density at radius 1 is 1.30 bits per heavy atom. The number of ether oxygens (including phenoxy) is 1. The molecule has 4 nitrogen and oxygen atoms in total. The van der Waals surface area contributed by atoms with E-state index in [1.807, 2.05) is 0 Å². The Bertz CT molecular complexity index is 472. The minimum atomic E-state index is -0.229. The second kappa shape index (κ2) is 5.78. The SMILES string of the molecule is O[C@@H]1C[C@@H](NCc2c(Cl)cncc2Cl)C12CCOCC2. The summed E-state index contributed by atoms with van der Waals surface area (Å²) in [6, 6.07) is 0.293. The molecule has 0 unspecified atom stereocenters. The minimum absolute atomic E-state index is 0.0375. The fraction of sp³-hybridized carbons (Fsp3) is 0.643. The first-order valence-corrected chi connectivity index (χ1v) is 7.66. The van der Waals surface area contributed by atoms with Gasteiger partial charge in [-0.3, -0.25) is 4.98 Å². The highest BCUT2D eigenvalue weighted by molar-refractivity contribution is 6.35. The van der Waals surface area contributed by atoms with Crippen LogP contribution < -0.4 is 5.32 Å². The van der Waals surface area contributed by atoms with E-state index in [0.717, 1.165) is 38.0 Å². The molecule has 2 atom stereocenters. The summed E-state index contributed by atoms with van der Waals surface area (Å²) in [6.45, 7) is 2.05. The number of pyridine rings is 1. The standard InChI is InChI=1S/C14H18Cl2N2O2/c15-10-7-17-8-11(16)9(10)6-18-12-5-13(19)14(12)1-3-20-4-2-14/h7-8,12-13,18-19H,1-6H2/t12-,13-/m1/s1. The van der Waals surface area contributed by atoms with E-state index < -0.39 is 0 Å². The van der Waals surface area contributed by atoms with E-state index in [-0.39, 0.29) is 11.5 Å². The monoisotopic (exact) mass is 316 g/mol. The molecule has 0 amide bonds. The quantitative estimate of drug-likeness (QED) is 0.899. The number of hydrogen-bond acceptors (Lipinski definition) is 4. The normalized spacial score (nSPS) is 28.4. The van der Waals surface area contributed by atoms with Gasteiger partial charge >= 0.3 is 0 Å². The Morgan fingerprint density at radius 3 is 2.55 bits per heavy atom. The van der Waals surface area contributed by atoms with Crippen LogP contribution in [0.3, 0.4) is 0 Å². The third kappa shape index (κ3) is 2.44. The van der Waals surface area contributed by atoms with Gasteiger partial charge in [-0.15, -0.1) is 0 Å². The van der Waals surface area contributed by atoms with Crippen LogP contribution in [0.5, 0.6) is 0 Å². The Hall–Kier alpha value is -0.390. The largest absolute Gasteiger partial charge is 0.392 e. The minimum Gasteiger partial charge on any atom is -0.392 e. The average Bonchev–Trinajstić information content (AvgIpc) is 2.46. The van der Waals surface area contributed by atoms with Gasteiger partial charge in [-0.2, -0.15) is 0 Å². The second-order valence-electron chi connectivity index (χ2n) is 5.61. The Morgan fingerprint density at radius 2 is 1.95 bits per heavy atom. The van der Waals surface area contributed by atoms with Gasteiger partial charge in [0.05, 0.1) is 16.1 Å². The average molecular weight is 317 g/mol. The highest BCUT2D eigenvalue weighted by atomic mass is 35.5. The maximum atomic E-state index is 10.1. The van der Waals surface area contributed by atoms with Crippen LogP contribution in [0.1, 0.15) is 24.8 Å². The van der Waals surface area contributed by atoms with E-state index in [2.05, 4.69) is 10.3 Å². The van der Waals surface area contributed by atoms with E-state index in [1.54, 1.807) is 12.4 Å². The number of halogens is 2. The van der Waals surface area contributed by atoms with Crippen molar-refractivity contribution in [1.82, 2.24) is 10.3 Å². The zero-order valence-corrected chi connectivity index (χ0v) is 12.6. The molecule has 1 aliphatic carbocycles. The van der Waals surface area contributed by atoms with Crippen LogP contribution in [0.15, 0.2) is 12.4 Å². The summed E-state index contributed by atoms with van der Waals surface area (Å²) in [6.07, 6.45) is 5.56. The van der Waals surface area contributed by atoms with Crippen molar-refractivity contribution in [3.05, 3.63) is 28.0 Å². The number of hydrogen-bond donors (Lipinski definition) is 2. The number of aliphatic hydroxyl groups is 1. The third-order valence-electron chi connectivity index (χ3n) is 4.72. The molecule has 110 valence electrons. The first-order valence-electron chi connectivity index (χ1n) is 6.90. The molecule has 1 aliphatic heterocycles. The van der Waals surface area contributed by atoms with Crippen molar-refractivity contribution in [2.75, 3.05) is 13.2 Å². The number of nitrogens with zero attached hydrogens (tertiary/aromatic N) is 1. The van der Waals surface area contributed by atoms with Crippen molar-refractivity contribution < 1.29 is 9.84 Å². The molecule has 1 aromatic rings. The highest BCUT2D eigenvalue weighted by Crippen LogP contribution is 2.49. The molecule has 1 aromatic heterocycles. The number of aliphatic hydroxyl groups excluding tert-OH is 1. The lowest BCUT2D eigenvalue weighted by Gasteiger charge is -2.56. The van der Waals surface area contributed by atoms with Crippen LogP contribution in [-0.4, -0.2) is 35.5 Å². The van der Waals surface area contributed by atoms with Crippen LogP contribution in [-0.2, 0) is 11.3 Å². The second-order valence-corrected chi connectivity index (χ2v) is 6.43. The van der Waals surface area contributed by atoms with Crippen molar-refractivity contribution >= 4 is 23.2 Å². The molecule has 0 radical (unpaired) electrons. The Labute approximate surface area is 128 Å². The van der Waals surface area contributed by atoms with Gasteiger partial charge in [0.25, 0.3) is 0 Å². The summed E-state index contributed by atoms with van der Waals surface area (Å²) >= 11 is 12.2. The van der Waals surface area contributed by atoms with E-state index in [1.165, 1.54) is 0 Å². The van der Waals surface area contributed by atoms with Crippen LogP contribution in [0.4, 0.5) is 0 Å². The van der Waals surface area contributed by atoms with Gasteiger partial charge in [-0.25, -0.2) is 0 Å². The van der Waals surface area contributed by atoms with Crippen molar-refractivity contribution in [2.24, 2.45) is 5.41 Å². The van der Waals surface area contributed by atoms with Gasteiger partial charge in [-0.1, -0.05) is 23.2 Å². The lowest BCUT2D eigenvalue weighted by Crippen LogP contribution is -2.64. The Balaban J connectivity index is 1.67. The molecule has 6 heteroatoms. The van der Waals surface area contributed by atoms with E-state index in [0.29, 0.717) is 22.6 Å². The molecule has 20 heavy (non-hydrogen) atoms. The van der Waals surface area contributed by atoms with Crippen LogP contribution in [0.25, 0.3) is 0 Å². The summed E-state index contributed by atoms with van der Waals surface area (Å²) in [4.78, 5) is 3.95. The third-order valence-corrected chi connectivity index (χ3v) is 5.37. The van der Waals surface area contributed by atoms with Crippen LogP contribution in [0, 0.1) is 5.41 Å². The summed E-state index contributed by atoms with van der Waals surface area (Å²) in [7, 11) is 0. The highest BCUT2D eigenvalue weighted by Gasteiger charge is 2.54. The Kier molecular flexibility index (Phi) is 4.20. The van der Waals surface area contributed by atoms with Gasteiger partial charge in [0.1, 0.15) is 0 Å². The molecule has 1 saturated carbocycles. The lowest BCUT2D eigenvalue weighted by molar-refractivity contribution is -0.149. The van der Waals surface area contributed by atoms with Crippen molar-refractivity contribution in [2.45, 2.75) is 38.0 Å². The summed E-state index contributed by atoms with van der Waals surface area (Å²) in [5.74, 6) is 0. The van der Waals surface area contributed by atoms with E-state index in [4.69, 9.17) is 27.9 Å². The fourth-order valence-electron chi connectivity index (χ4n) is 3.32. The number of rotatable bonds is 3. The van der Waals surface area contributed by atoms with Crippen LogP contribution >= 0.6 is 23.2 Å². The number of nitrogens with one attached hydrogen (secondary N) is 1. The molecule has 2 fully saturated rings. The first-order chi connectivity index (χ1) is 9.63. The van der Waals surface area contributed by atoms with Crippen molar-refractivity contribution in [3.63, 3.8) is 0 Å². The lowest BCUT2D eigenvalue weighted by atomic mass is 9.58. The van der Waals surface area contributed by atoms with Crippen molar-refractivity contribution in [3.8, 4) is 0 Å². The maximum Gasteiger partial charge on any atom is 0.0649 e. The first kappa shape index (κ1) is 14.5. The van der Waals surface area contributed by atoms with Crippen LogP contribution in [0.2, 0.25) is 10.0 Å². The van der Waals surface area contributed by atoms with Gasteiger partial charge < -0.3 is 15.2 Å². The molecule has 3 rings (SSSR count). The molecule has 0 bridgehead atoms.